The fourth-order valence-electron chi connectivity index (χ4n) is 1.72. The van der Waals surface area contributed by atoms with E-state index in [1.54, 1.807) is 19.2 Å². The van der Waals surface area contributed by atoms with Crippen molar-refractivity contribution < 1.29 is 9.53 Å². The number of thiol groups is 1. The van der Waals surface area contributed by atoms with Gasteiger partial charge in [0.2, 0.25) is 0 Å². The Hall–Kier alpha value is -2.21. The average Bonchev–Trinajstić information content (AvgIpc) is 2.53. The molecule has 0 atom stereocenters. The number of nitrogens with one attached hydrogen (secondary N) is 1. The number of hydrogen-bond acceptors (Lipinski definition) is 5. The summed E-state index contributed by atoms with van der Waals surface area (Å²) in [6.45, 7) is 0. The third-order valence-corrected chi connectivity index (χ3v) is 3.12. The maximum Gasteiger partial charge on any atom is 0.262 e. The number of pyridine rings is 1. The van der Waals surface area contributed by atoms with E-state index in [2.05, 4.69) is 22.5 Å². The molecule has 6 heteroatoms. The van der Waals surface area contributed by atoms with Crippen molar-refractivity contribution in [2.45, 2.75) is 0 Å². The smallest absolute Gasteiger partial charge is 0.262 e. The zero-order valence-electron chi connectivity index (χ0n) is 11.2. The van der Waals surface area contributed by atoms with E-state index in [4.69, 9.17) is 4.74 Å². The number of carbonyl (C=O) groups is 1. The van der Waals surface area contributed by atoms with Crippen LogP contribution in [0.25, 0.3) is 0 Å². The highest BCUT2D eigenvalue weighted by Crippen LogP contribution is 2.23. The summed E-state index contributed by atoms with van der Waals surface area (Å²) in [5, 5.41) is 0. The van der Waals surface area contributed by atoms with Gasteiger partial charge in [0, 0.05) is 18.9 Å². The molecular weight excluding hydrogens is 274 g/mol. The second-order valence-electron chi connectivity index (χ2n) is 4.10. The Morgan fingerprint density at radius 2 is 1.95 bits per heavy atom. The Labute approximate surface area is 123 Å². The molecule has 5 nitrogen and oxygen atoms in total. The molecule has 1 N–H and O–H groups in total. The fourth-order valence-corrected chi connectivity index (χ4v) is 1.85. The number of ether oxygens (including phenoxy) is 1. The van der Waals surface area contributed by atoms with Crippen LogP contribution >= 0.6 is 12.8 Å². The molecule has 0 aliphatic heterocycles. The van der Waals surface area contributed by atoms with Gasteiger partial charge in [0.15, 0.2) is 0 Å². The molecular formula is C14H15N3O2S. The van der Waals surface area contributed by atoms with Gasteiger partial charge in [-0.05, 0) is 36.4 Å². The molecule has 0 aliphatic carbocycles. The van der Waals surface area contributed by atoms with Crippen molar-refractivity contribution in [1.29, 1.82) is 0 Å². The van der Waals surface area contributed by atoms with Gasteiger partial charge >= 0.3 is 0 Å². The van der Waals surface area contributed by atoms with Crippen molar-refractivity contribution in [3.8, 4) is 5.75 Å². The molecule has 0 saturated heterocycles. The molecule has 0 bridgehead atoms. The van der Waals surface area contributed by atoms with Crippen LogP contribution < -0.4 is 14.4 Å². The van der Waals surface area contributed by atoms with E-state index in [0.717, 1.165) is 17.3 Å². The number of amides is 1. The van der Waals surface area contributed by atoms with E-state index in [-0.39, 0.29) is 5.91 Å². The Morgan fingerprint density at radius 1 is 1.25 bits per heavy atom. The minimum absolute atomic E-state index is 0.278. The normalized spacial score (nSPS) is 9.95. The third kappa shape index (κ3) is 3.03. The monoisotopic (exact) mass is 289 g/mol. The van der Waals surface area contributed by atoms with Crippen molar-refractivity contribution in [3.05, 3.63) is 48.2 Å². The Balaban J connectivity index is 2.19. The molecule has 1 amide bonds. The molecule has 20 heavy (non-hydrogen) atoms. The number of benzene rings is 1. The summed E-state index contributed by atoms with van der Waals surface area (Å²) in [6.07, 6.45) is 1.51. The van der Waals surface area contributed by atoms with Crippen LogP contribution in [0.1, 0.15) is 10.4 Å². The van der Waals surface area contributed by atoms with Crippen LogP contribution in [-0.2, 0) is 0 Å². The van der Waals surface area contributed by atoms with Gasteiger partial charge in [-0.2, -0.15) is 0 Å². The zero-order valence-corrected chi connectivity index (χ0v) is 12.1. The summed E-state index contributed by atoms with van der Waals surface area (Å²) in [6, 6.07) is 11.1. The molecule has 2 rings (SSSR count). The van der Waals surface area contributed by atoms with Crippen LogP contribution in [0.2, 0.25) is 0 Å². The summed E-state index contributed by atoms with van der Waals surface area (Å²) >= 11 is 3.72. The summed E-state index contributed by atoms with van der Waals surface area (Å²) in [5.41, 5.74) is 1.44. The second-order valence-corrected chi connectivity index (χ2v) is 4.33. The molecule has 0 unspecified atom stereocenters. The average molecular weight is 289 g/mol. The number of carbonyl (C=O) groups excluding carboxylic acids is 1. The first kappa shape index (κ1) is 14.2. The van der Waals surface area contributed by atoms with Crippen LogP contribution in [0.5, 0.6) is 5.75 Å². The molecule has 0 fully saturated rings. The minimum atomic E-state index is -0.278. The van der Waals surface area contributed by atoms with E-state index in [1.165, 1.54) is 6.20 Å². The molecule has 0 saturated carbocycles. The van der Waals surface area contributed by atoms with Gasteiger partial charge in [-0.1, -0.05) is 12.8 Å². The standard InChI is InChI=1S/C14H15N3O2S/c1-17(11-4-6-12(19-2)7-5-11)13-8-3-10(9-15-13)14(18)16-20/h3-9,20H,1-2H3,(H,16,18). The summed E-state index contributed by atoms with van der Waals surface area (Å²) in [7, 11) is 3.54. The van der Waals surface area contributed by atoms with Crippen molar-refractivity contribution >= 4 is 30.2 Å². The maximum atomic E-state index is 11.4. The predicted molar refractivity (Wildman–Crippen MR) is 81.7 cm³/mol. The van der Waals surface area contributed by atoms with Crippen molar-refractivity contribution in [2.75, 3.05) is 19.1 Å². The molecule has 2 aromatic rings. The molecule has 104 valence electrons. The first-order chi connectivity index (χ1) is 9.65. The summed E-state index contributed by atoms with van der Waals surface area (Å²) in [4.78, 5) is 17.6. The lowest BCUT2D eigenvalue weighted by Crippen LogP contribution is -2.15. The minimum Gasteiger partial charge on any atom is -0.497 e. The topological polar surface area (TPSA) is 54.5 Å². The first-order valence-electron chi connectivity index (χ1n) is 5.94. The molecule has 0 spiro atoms. The van der Waals surface area contributed by atoms with Crippen LogP contribution in [-0.4, -0.2) is 25.0 Å². The van der Waals surface area contributed by atoms with E-state index in [0.29, 0.717) is 5.56 Å². The number of rotatable bonds is 4. The first-order valence-corrected chi connectivity index (χ1v) is 6.38. The lowest BCUT2D eigenvalue weighted by Gasteiger charge is -2.18. The van der Waals surface area contributed by atoms with E-state index < -0.39 is 0 Å². The molecule has 1 heterocycles. The highest BCUT2D eigenvalue weighted by Gasteiger charge is 2.08. The van der Waals surface area contributed by atoms with E-state index in [9.17, 15) is 4.79 Å². The number of aromatic nitrogens is 1. The second kappa shape index (κ2) is 6.29. The molecule has 1 aromatic heterocycles. The Kier molecular flexibility index (Phi) is 4.47. The fraction of sp³-hybridized carbons (Fsp3) is 0.143. The molecule has 0 radical (unpaired) electrons. The highest BCUT2D eigenvalue weighted by atomic mass is 32.1. The van der Waals surface area contributed by atoms with E-state index >= 15 is 0 Å². The number of nitrogens with zero attached hydrogens (tertiary/aromatic N) is 2. The lowest BCUT2D eigenvalue weighted by molar-refractivity contribution is 0.0984. The Bertz CT molecular complexity index is 584. The van der Waals surface area contributed by atoms with Crippen molar-refractivity contribution in [1.82, 2.24) is 9.71 Å². The largest absolute Gasteiger partial charge is 0.497 e. The predicted octanol–water partition coefficient (Wildman–Crippen LogP) is 2.43. The van der Waals surface area contributed by atoms with Gasteiger partial charge in [-0.25, -0.2) is 4.98 Å². The van der Waals surface area contributed by atoms with Crippen LogP contribution in [0.3, 0.4) is 0 Å². The SMILES string of the molecule is COc1ccc(N(C)c2ccc(C(=O)NS)cn2)cc1. The van der Waals surface area contributed by atoms with E-state index in [1.807, 2.05) is 36.2 Å². The van der Waals surface area contributed by atoms with Crippen LogP contribution in [0.4, 0.5) is 11.5 Å². The number of methoxy groups -OCH3 is 1. The Morgan fingerprint density at radius 3 is 2.45 bits per heavy atom. The lowest BCUT2D eigenvalue weighted by atomic mass is 10.2. The highest BCUT2D eigenvalue weighted by molar-refractivity contribution is 7.78. The zero-order chi connectivity index (χ0) is 14.5. The number of hydrogen-bond donors (Lipinski definition) is 2. The van der Waals surface area contributed by atoms with Crippen LogP contribution in [0, 0.1) is 0 Å². The molecule has 1 aromatic carbocycles. The van der Waals surface area contributed by atoms with Gasteiger partial charge in [-0.3, -0.25) is 9.52 Å². The summed E-state index contributed by atoms with van der Waals surface area (Å²) < 4.78 is 7.39. The van der Waals surface area contributed by atoms with Gasteiger partial charge in [-0.15, -0.1) is 0 Å². The third-order valence-electron chi connectivity index (χ3n) is 2.91. The summed E-state index contributed by atoms with van der Waals surface area (Å²) in [5.74, 6) is 1.27. The number of anilines is 2. The maximum absolute atomic E-state index is 11.4. The molecule has 0 aliphatic rings. The van der Waals surface area contributed by atoms with Gasteiger partial charge in [0.05, 0.1) is 12.7 Å². The van der Waals surface area contributed by atoms with Crippen molar-refractivity contribution in [2.24, 2.45) is 0 Å². The van der Waals surface area contributed by atoms with Crippen molar-refractivity contribution in [3.63, 3.8) is 0 Å². The quantitative estimate of drug-likeness (QED) is 0.849. The van der Waals surface area contributed by atoms with Crippen LogP contribution in [0.15, 0.2) is 42.6 Å². The van der Waals surface area contributed by atoms with Gasteiger partial charge in [0.1, 0.15) is 11.6 Å². The van der Waals surface area contributed by atoms with Gasteiger partial charge < -0.3 is 9.64 Å². The van der Waals surface area contributed by atoms with Gasteiger partial charge in [0.25, 0.3) is 5.91 Å².